The molecule has 5 heteroatoms. The van der Waals surface area contributed by atoms with Gasteiger partial charge in [0.2, 0.25) is 0 Å². The molecule has 1 fully saturated rings. The number of halogens is 1. The van der Waals surface area contributed by atoms with Crippen molar-refractivity contribution in [3.63, 3.8) is 0 Å². The summed E-state index contributed by atoms with van der Waals surface area (Å²) >= 11 is 0. The van der Waals surface area contributed by atoms with Crippen LogP contribution in [0.4, 0.5) is 0 Å². The first-order valence-electron chi connectivity index (χ1n) is 10.2. The molecule has 0 aliphatic carbocycles. The fourth-order valence-electron chi connectivity index (χ4n) is 4.24. The van der Waals surface area contributed by atoms with Crippen molar-refractivity contribution in [2.45, 2.75) is 25.8 Å². The molecule has 0 amide bonds. The zero-order valence-electron chi connectivity index (χ0n) is 16.7. The van der Waals surface area contributed by atoms with Crippen LogP contribution in [-0.4, -0.2) is 61.1 Å². The predicted molar refractivity (Wildman–Crippen MR) is 130 cm³/mol. The Bertz CT molecular complexity index is 819. The number of benzene rings is 2. The third-order valence-electron chi connectivity index (χ3n) is 5.68. The normalized spacial score (nSPS) is 20.0. The number of guanidine groups is 1. The van der Waals surface area contributed by atoms with E-state index in [9.17, 15) is 0 Å². The number of nitrogens with one attached hydrogen (secondary N) is 1. The molecule has 0 spiro atoms. The van der Waals surface area contributed by atoms with E-state index in [1.807, 2.05) is 0 Å². The third-order valence-corrected chi connectivity index (χ3v) is 5.68. The molecule has 150 valence electrons. The van der Waals surface area contributed by atoms with Gasteiger partial charge in [-0.25, -0.2) is 0 Å². The van der Waals surface area contributed by atoms with Crippen molar-refractivity contribution in [1.82, 2.24) is 15.1 Å². The van der Waals surface area contributed by atoms with E-state index in [0.717, 1.165) is 51.6 Å². The lowest BCUT2D eigenvalue weighted by atomic mass is 10.0. The zero-order valence-corrected chi connectivity index (χ0v) is 19.0. The Morgan fingerprint density at radius 2 is 1.89 bits per heavy atom. The quantitative estimate of drug-likeness (QED) is 0.299. The highest BCUT2D eigenvalue weighted by Crippen LogP contribution is 2.20. The van der Waals surface area contributed by atoms with Crippen LogP contribution in [0.15, 0.2) is 59.6 Å². The second kappa shape index (κ2) is 10.3. The van der Waals surface area contributed by atoms with Gasteiger partial charge in [0.05, 0.1) is 0 Å². The Balaban J connectivity index is 0.00000225. The second-order valence-electron chi connectivity index (χ2n) is 7.44. The molecule has 1 N–H and O–H groups in total. The van der Waals surface area contributed by atoms with Gasteiger partial charge in [-0.1, -0.05) is 54.6 Å². The van der Waals surface area contributed by atoms with Crippen LogP contribution in [0.25, 0.3) is 10.8 Å². The Kier molecular flexibility index (Phi) is 7.73. The van der Waals surface area contributed by atoms with Crippen molar-refractivity contribution in [2.75, 3.05) is 39.3 Å². The maximum atomic E-state index is 4.96. The summed E-state index contributed by atoms with van der Waals surface area (Å²) in [6, 6.07) is 15.9. The van der Waals surface area contributed by atoms with Crippen molar-refractivity contribution in [2.24, 2.45) is 4.99 Å². The molecule has 2 aliphatic heterocycles. The zero-order chi connectivity index (χ0) is 18.5. The van der Waals surface area contributed by atoms with Gasteiger partial charge < -0.3 is 10.2 Å². The van der Waals surface area contributed by atoms with Crippen LogP contribution in [0.2, 0.25) is 0 Å². The van der Waals surface area contributed by atoms with Crippen molar-refractivity contribution in [3.8, 4) is 0 Å². The Morgan fingerprint density at radius 1 is 1.11 bits per heavy atom. The average Bonchev–Trinajstić information content (AvgIpc) is 3.39. The molecule has 1 saturated heterocycles. The smallest absolute Gasteiger partial charge is 0.193 e. The van der Waals surface area contributed by atoms with E-state index in [1.54, 1.807) is 0 Å². The first-order valence-corrected chi connectivity index (χ1v) is 10.2. The average molecular weight is 490 g/mol. The maximum Gasteiger partial charge on any atom is 0.193 e. The van der Waals surface area contributed by atoms with E-state index in [1.165, 1.54) is 22.8 Å². The molecule has 1 unspecified atom stereocenters. The fraction of sp³-hybridized carbons (Fsp3) is 0.435. The molecule has 2 aromatic rings. The number of likely N-dealkylation sites (tertiary alicyclic amines) is 1. The molecule has 4 rings (SSSR count). The summed E-state index contributed by atoms with van der Waals surface area (Å²) in [5.41, 5.74) is 1.38. The number of hydrogen-bond donors (Lipinski definition) is 1. The molecule has 2 aliphatic rings. The van der Waals surface area contributed by atoms with Crippen molar-refractivity contribution < 1.29 is 0 Å². The number of rotatable bonds is 5. The molecule has 0 radical (unpaired) electrons. The second-order valence-corrected chi connectivity index (χ2v) is 7.44. The highest BCUT2D eigenvalue weighted by Gasteiger charge is 2.29. The Hall–Kier alpha value is -1.60. The molecule has 0 bridgehead atoms. The van der Waals surface area contributed by atoms with E-state index < -0.39 is 0 Å². The standard InChI is InChI=1S/C23H30N4.HI/c1-2-24-23(27-17-13-21(18-27)26-15-5-6-16-26)25-14-12-20-10-7-9-19-8-3-4-11-22(19)20;/h3-11,21H,2,12-18H2,1H3,(H,24,25);1H. The Labute approximate surface area is 185 Å². The summed E-state index contributed by atoms with van der Waals surface area (Å²) in [5, 5.41) is 6.16. The highest BCUT2D eigenvalue weighted by molar-refractivity contribution is 14.0. The van der Waals surface area contributed by atoms with Gasteiger partial charge in [0, 0.05) is 45.3 Å². The largest absolute Gasteiger partial charge is 0.357 e. The molecule has 28 heavy (non-hydrogen) atoms. The van der Waals surface area contributed by atoms with Gasteiger partial charge in [0.25, 0.3) is 0 Å². The molecule has 2 heterocycles. The van der Waals surface area contributed by atoms with Crippen LogP contribution in [-0.2, 0) is 6.42 Å². The molecule has 2 aromatic carbocycles. The monoisotopic (exact) mass is 490 g/mol. The molecular weight excluding hydrogens is 459 g/mol. The minimum absolute atomic E-state index is 0. The summed E-state index contributed by atoms with van der Waals surface area (Å²) in [6.45, 7) is 8.28. The van der Waals surface area contributed by atoms with E-state index in [-0.39, 0.29) is 24.0 Å². The molecule has 1 atom stereocenters. The summed E-state index contributed by atoms with van der Waals surface area (Å²) in [5.74, 6) is 1.08. The summed E-state index contributed by atoms with van der Waals surface area (Å²) < 4.78 is 0. The van der Waals surface area contributed by atoms with E-state index in [2.05, 4.69) is 76.7 Å². The number of aliphatic imine (C=N–C) groups is 1. The molecular formula is C23H31IN4. The van der Waals surface area contributed by atoms with Crippen molar-refractivity contribution in [3.05, 3.63) is 60.2 Å². The van der Waals surface area contributed by atoms with E-state index in [0.29, 0.717) is 6.04 Å². The summed E-state index contributed by atoms with van der Waals surface area (Å²) in [7, 11) is 0. The topological polar surface area (TPSA) is 30.9 Å². The first kappa shape index (κ1) is 21.1. The van der Waals surface area contributed by atoms with Gasteiger partial charge in [-0.2, -0.15) is 0 Å². The van der Waals surface area contributed by atoms with Gasteiger partial charge >= 0.3 is 0 Å². The molecule has 0 aromatic heterocycles. The van der Waals surface area contributed by atoms with Gasteiger partial charge in [-0.05, 0) is 36.1 Å². The van der Waals surface area contributed by atoms with Crippen LogP contribution in [0.1, 0.15) is 18.9 Å². The fourth-order valence-corrected chi connectivity index (χ4v) is 4.24. The van der Waals surface area contributed by atoms with Crippen molar-refractivity contribution in [1.29, 1.82) is 0 Å². The predicted octanol–water partition coefficient (Wildman–Crippen LogP) is 3.91. The maximum absolute atomic E-state index is 4.96. The third kappa shape index (κ3) is 4.87. The van der Waals surface area contributed by atoms with Crippen LogP contribution in [0, 0.1) is 0 Å². The molecule has 0 saturated carbocycles. The highest BCUT2D eigenvalue weighted by atomic mass is 127. The number of nitrogens with zero attached hydrogens (tertiary/aromatic N) is 3. The van der Waals surface area contributed by atoms with Crippen LogP contribution in [0.5, 0.6) is 0 Å². The number of fused-ring (bicyclic) bond motifs is 1. The Morgan fingerprint density at radius 3 is 2.71 bits per heavy atom. The lowest BCUT2D eigenvalue weighted by molar-refractivity contribution is 0.259. The van der Waals surface area contributed by atoms with Crippen LogP contribution in [0.3, 0.4) is 0 Å². The SMILES string of the molecule is CCNC(=NCCc1cccc2ccccc12)N1CCC(N2CC=CC2)C1.I. The van der Waals surface area contributed by atoms with E-state index in [4.69, 9.17) is 4.99 Å². The van der Waals surface area contributed by atoms with Crippen molar-refractivity contribution >= 4 is 40.7 Å². The lowest BCUT2D eigenvalue weighted by Gasteiger charge is -2.25. The van der Waals surface area contributed by atoms with Gasteiger partial charge in [-0.15, -0.1) is 24.0 Å². The minimum atomic E-state index is 0. The van der Waals surface area contributed by atoms with Crippen LogP contribution >= 0.6 is 24.0 Å². The van der Waals surface area contributed by atoms with Crippen LogP contribution < -0.4 is 5.32 Å². The number of hydrogen-bond acceptors (Lipinski definition) is 2. The van der Waals surface area contributed by atoms with Gasteiger partial charge in [0.1, 0.15) is 0 Å². The van der Waals surface area contributed by atoms with Gasteiger partial charge in [0.15, 0.2) is 5.96 Å². The summed E-state index contributed by atoms with van der Waals surface area (Å²) in [4.78, 5) is 9.97. The molecule has 4 nitrogen and oxygen atoms in total. The first-order chi connectivity index (χ1) is 13.3. The lowest BCUT2D eigenvalue weighted by Crippen LogP contribution is -2.43. The summed E-state index contributed by atoms with van der Waals surface area (Å²) in [6.07, 6.45) is 6.78. The van der Waals surface area contributed by atoms with Gasteiger partial charge in [-0.3, -0.25) is 9.89 Å². The minimum Gasteiger partial charge on any atom is -0.357 e. The van der Waals surface area contributed by atoms with E-state index >= 15 is 0 Å².